The van der Waals surface area contributed by atoms with Crippen LogP contribution in [0.5, 0.6) is 0 Å². The maximum atomic E-state index is 11.7. The maximum Gasteiger partial charge on any atom is 0.326 e. The van der Waals surface area contributed by atoms with Crippen molar-refractivity contribution in [2.24, 2.45) is 5.92 Å². The second-order valence-corrected chi connectivity index (χ2v) is 3.81. The number of carboxylic acid groups (broad SMARTS) is 1. The van der Waals surface area contributed by atoms with Gasteiger partial charge in [0.1, 0.15) is 6.04 Å². The van der Waals surface area contributed by atoms with Crippen molar-refractivity contribution in [3.8, 4) is 0 Å². The molecule has 0 unspecified atom stereocenters. The summed E-state index contributed by atoms with van der Waals surface area (Å²) in [5.41, 5.74) is 0.301. The van der Waals surface area contributed by atoms with Gasteiger partial charge in [-0.2, -0.15) is 10.2 Å². The van der Waals surface area contributed by atoms with E-state index in [9.17, 15) is 9.59 Å². The summed E-state index contributed by atoms with van der Waals surface area (Å²) >= 11 is 0. The molecule has 1 rings (SSSR count). The predicted molar refractivity (Wildman–Crippen MR) is 60.4 cm³/mol. The van der Waals surface area contributed by atoms with Gasteiger partial charge in [-0.25, -0.2) is 4.79 Å². The van der Waals surface area contributed by atoms with Gasteiger partial charge in [0.15, 0.2) is 0 Å². The third-order valence-electron chi connectivity index (χ3n) is 2.61. The Hall–Kier alpha value is -1.98. The summed E-state index contributed by atoms with van der Waals surface area (Å²) < 4.78 is 0. The molecule has 6 heteroatoms. The van der Waals surface area contributed by atoms with Gasteiger partial charge in [-0.1, -0.05) is 20.3 Å². The Bertz CT molecular complexity index is 394. The minimum atomic E-state index is -1.03. The molecule has 0 spiro atoms. The molecule has 0 radical (unpaired) electrons. The van der Waals surface area contributed by atoms with Crippen molar-refractivity contribution >= 4 is 11.9 Å². The van der Waals surface area contributed by atoms with E-state index in [-0.39, 0.29) is 5.92 Å². The van der Waals surface area contributed by atoms with Crippen LogP contribution in [-0.2, 0) is 4.79 Å². The van der Waals surface area contributed by atoms with Gasteiger partial charge in [-0.05, 0) is 12.0 Å². The van der Waals surface area contributed by atoms with Gasteiger partial charge < -0.3 is 10.4 Å². The van der Waals surface area contributed by atoms with Crippen LogP contribution in [-0.4, -0.2) is 33.2 Å². The van der Waals surface area contributed by atoms with Crippen molar-refractivity contribution in [1.29, 1.82) is 0 Å². The van der Waals surface area contributed by atoms with E-state index in [2.05, 4.69) is 15.5 Å². The van der Waals surface area contributed by atoms with Crippen LogP contribution < -0.4 is 5.32 Å². The molecule has 17 heavy (non-hydrogen) atoms. The molecular formula is C11H15N3O3. The smallest absolute Gasteiger partial charge is 0.326 e. The average molecular weight is 237 g/mol. The molecule has 0 aliphatic carbocycles. The van der Waals surface area contributed by atoms with Crippen molar-refractivity contribution in [3.05, 3.63) is 24.0 Å². The van der Waals surface area contributed by atoms with Crippen LogP contribution >= 0.6 is 0 Å². The number of nitrogens with one attached hydrogen (secondary N) is 1. The molecule has 2 N–H and O–H groups in total. The van der Waals surface area contributed by atoms with E-state index >= 15 is 0 Å². The number of rotatable bonds is 5. The number of carbonyl (C=O) groups is 2. The summed E-state index contributed by atoms with van der Waals surface area (Å²) in [6.07, 6.45) is 3.35. The van der Waals surface area contributed by atoms with E-state index in [1.165, 1.54) is 18.5 Å². The molecule has 1 aromatic heterocycles. The van der Waals surface area contributed by atoms with E-state index in [1.807, 2.05) is 6.92 Å². The van der Waals surface area contributed by atoms with Crippen LogP contribution in [0.3, 0.4) is 0 Å². The molecule has 0 saturated heterocycles. The first-order valence-corrected chi connectivity index (χ1v) is 5.36. The van der Waals surface area contributed by atoms with Crippen LogP contribution in [0, 0.1) is 5.92 Å². The molecule has 0 saturated carbocycles. The zero-order chi connectivity index (χ0) is 12.8. The Kier molecular flexibility index (Phi) is 4.56. The number of aliphatic carboxylic acids is 1. The van der Waals surface area contributed by atoms with Crippen molar-refractivity contribution in [1.82, 2.24) is 15.5 Å². The first-order valence-electron chi connectivity index (χ1n) is 5.36. The van der Waals surface area contributed by atoms with Crippen LogP contribution in [0.25, 0.3) is 0 Å². The van der Waals surface area contributed by atoms with Crippen molar-refractivity contribution < 1.29 is 14.7 Å². The largest absolute Gasteiger partial charge is 0.480 e. The van der Waals surface area contributed by atoms with Crippen molar-refractivity contribution in [3.63, 3.8) is 0 Å². The van der Waals surface area contributed by atoms with Gasteiger partial charge in [0, 0.05) is 0 Å². The Morgan fingerprint density at radius 3 is 2.65 bits per heavy atom. The predicted octanol–water partition coefficient (Wildman–Crippen LogP) is 0.706. The Labute approximate surface area is 99.1 Å². The minimum absolute atomic E-state index is 0.133. The number of carbonyl (C=O) groups excluding carboxylic acids is 1. The quantitative estimate of drug-likeness (QED) is 0.786. The van der Waals surface area contributed by atoms with Gasteiger partial charge in [0.25, 0.3) is 5.91 Å². The molecule has 0 fully saturated rings. The fourth-order valence-corrected chi connectivity index (χ4v) is 1.33. The van der Waals surface area contributed by atoms with E-state index in [0.717, 1.165) is 0 Å². The highest BCUT2D eigenvalue weighted by atomic mass is 16.4. The summed E-state index contributed by atoms with van der Waals surface area (Å²) in [6.45, 7) is 3.66. The van der Waals surface area contributed by atoms with Gasteiger partial charge in [0.05, 0.1) is 18.0 Å². The highest BCUT2D eigenvalue weighted by molar-refractivity contribution is 5.96. The monoisotopic (exact) mass is 237 g/mol. The molecule has 92 valence electrons. The van der Waals surface area contributed by atoms with Crippen LogP contribution in [0.4, 0.5) is 0 Å². The lowest BCUT2D eigenvalue weighted by molar-refractivity contribution is -0.140. The fraction of sp³-hybridized carbons (Fsp3) is 0.455. The molecule has 6 nitrogen and oxygen atoms in total. The van der Waals surface area contributed by atoms with E-state index in [0.29, 0.717) is 12.0 Å². The second-order valence-electron chi connectivity index (χ2n) is 3.81. The van der Waals surface area contributed by atoms with E-state index in [4.69, 9.17) is 5.11 Å². The highest BCUT2D eigenvalue weighted by Crippen LogP contribution is 2.08. The molecule has 2 atom stereocenters. The Balaban J connectivity index is 2.75. The molecule has 0 aliphatic heterocycles. The van der Waals surface area contributed by atoms with Gasteiger partial charge in [-0.3, -0.25) is 4.79 Å². The third-order valence-corrected chi connectivity index (χ3v) is 2.61. The Morgan fingerprint density at radius 1 is 1.47 bits per heavy atom. The van der Waals surface area contributed by atoms with Crippen molar-refractivity contribution in [2.45, 2.75) is 26.3 Å². The third kappa shape index (κ3) is 3.51. The normalized spacial score (nSPS) is 13.8. The zero-order valence-electron chi connectivity index (χ0n) is 9.75. The lowest BCUT2D eigenvalue weighted by Crippen LogP contribution is -2.45. The molecule has 0 aromatic carbocycles. The molecule has 1 heterocycles. The highest BCUT2D eigenvalue weighted by Gasteiger charge is 2.25. The lowest BCUT2D eigenvalue weighted by Gasteiger charge is -2.19. The molecule has 0 aliphatic rings. The SMILES string of the molecule is CC[C@H](C)[C@H](NC(=O)c1ccnnc1)C(=O)O. The van der Waals surface area contributed by atoms with Gasteiger partial charge in [-0.15, -0.1) is 0 Å². The molecule has 0 bridgehead atoms. The fourth-order valence-electron chi connectivity index (χ4n) is 1.33. The molecular weight excluding hydrogens is 222 g/mol. The average Bonchev–Trinajstić information content (AvgIpc) is 2.35. The summed E-state index contributed by atoms with van der Waals surface area (Å²) in [6, 6.07) is 0.596. The second kappa shape index (κ2) is 5.93. The minimum Gasteiger partial charge on any atom is -0.480 e. The summed E-state index contributed by atoms with van der Waals surface area (Å²) in [7, 11) is 0. The molecule has 1 amide bonds. The first kappa shape index (κ1) is 13.1. The van der Waals surface area contributed by atoms with E-state index < -0.39 is 17.9 Å². The topological polar surface area (TPSA) is 92.2 Å². The van der Waals surface area contributed by atoms with Crippen LogP contribution in [0.2, 0.25) is 0 Å². The number of aromatic nitrogens is 2. The van der Waals surface area contributed by atoms with Gasteiger partial charge in [0.2, 0.25) is 0 Å². The summed E-state index contributed by atoms with van der Waals surface area (Å²) in [5.74, 6) is -1.62. The zero-order valence-corrected chi connectivity index (χ0v) is 9.75. The maximum absolute atomic E-state index is 11.7. The number of amides is 1. The first-order chi connectivity index (χ1) is 8.06. The lowest BCUT2D eigenvalue weighted by atomic mass is 9.99. The summed E-state index contributed by atoms with van der Waals surface area (Å²) in [4.78, 5) is 22.8. The van der Waals surface area contributed by atoms with E-state index in [1.54, 1.807) is 6.92 Å². The van der Waals surface area contributed by atoms with Crippen LogP contribution in [0.15, 0.2) is 18.5 Å². The van der Waals surface area contributed by atoms with Crippen LogP contribution in [0.1, 0.15) is 30.6 Å². The van der Waals surface area contributed by atoms with Gasteiger partial charge >= 0.3 is 5.97 Å². The number of carboxylic acids is 1. The number of hydrogen-bond acceptors (Lipinski definition) is 4. The Morgan fingerprint density at radius 2 is 2.18 bits per heavy atom. The number of nitrogens with zero attached hydrogens (tertiary/aromatic N) is 2. The number of hydrogen-bond donors (Lipinski definition) is 2. The molecule has 1 aromatic rings. The van der Waals surface area contributed by atoms with Crippen molar-refractivity contribution in [2.75, 3.05) is 0 Å². The summed E-state index contributed by atoms with van der Waals surface area (Å²) in [5, 5.41) is 18.6. The standard InChI is InChI=1S/C11H15N3O3/c1-3-7(2)9(11(16)17)14-10(15)8-4-5-12-13-6-8/h4-7,9H,3H2,1-2H3,(H,14,15)(H,16,17)/t7-,9-/m0/s1.